The number of carboxylic acids is 1. The summed E-state index contributed by atoms with van der Waals surface area (Å²) < 4.78 is 28.5. The molecule has 4 heterocycles. The van der Waals surface area contributed by atoms with Crippen LogP contribution in [0, 0.1) is 11.8 Å². The first-order valence-electron chi connectivity index (χ1n) is 9.20. The Hall–Kier alpha value is -2.32. The topological polar surface area (TPSA) is 162 Å². The van der Waals surface area contributed by atoms with E-state index < -0.39 is 40.1 Å². The molecule has 2 aliphatic heterocycles. The van der Waals surface area contributed by atoms with E-state index in [1.54, 1.807) is 21.5 Å². The van der Waals surface area contributed by atoms with E-state index in [0.29, 0.717) is 11.3 Å². The number of hydrogen-bond acceptors (Lipinski definition) is 7. The van der Waals surface area contributed by atoms with E-state index in [9.17, 15) is 28.2 Å². The smallest absolute Gasteiger partial charge is 0.274 e. The molecule has 0 bridgehead atoms. The molecule has 0 unspecified atom stereocenters. The minimum atomic E-state index is -3.93. The third kappa shape index (κ3) is 3.22. The van der Waals surface area contributed by atoms with Crippen LogP contribution < -0.4 is 19.4 Å². The lowest BCUT2D eigenvalue weighted by Crippen LogP contribution is -2.64. The van der Waals surface area contributed by atoms with Gasteiger partial charge in [-0.1, -0.05) is 18.3 Å². The number of aromatic nitrogens is 2. The summed E-state index contributed by atoms with van der Waals surface area (Å²) in [7, 11) is -3.93. The third-order valence-electron chi connectivity index (χ3n) is 5.78. The van der Waals surface area contributed by atoms with E-state index in [0.717, 1.165) is 4.83 Å². The summed E-state index contributed by atoms with van der Waals surface area (Å²) in [5, 5.41) is 28.7. The normalized spacial score (nSPS) is 25.0. The zero-order chi connectivity index (χ0) is 22.0. The van der Waals surface area contributed by atoms with Gasteiger partial charge in [-0.2, -0.15) is 17.5 Å². The third-order valence-corrected chi connectivity index (χ3v) is 7.26. The van der Waals surface area contributed by atoms with Crippen molar-refractivity contribution in [2.75, 3.05) is 0 Å². The van der Waals surface area contributed by atoms with Crippen LogP contribution in [-0.4, -0.2) is 47.0 Å². The van der Waals surface area contributed by atoms with Crippen LogP contribution in [0.4, 0.5) is 0 Å². The maximum absolute atomic E-state index is 12.5. The Morgan fingerprint density at radius 2 is 2.20 bits per heavy atom. The van der Waals surface area contributed by atoms with Crippen molar-refractivity contribution in [2.24, 2.45) is 17.0 Å². The standard InChI is InChI=1S/C17H21N5O6S2/c1-8-10(14(17(25)26)22-13(8)12(9(2)23)15(22)24)6-21-7-20-3-4-29-16(20)11(21)5-19-30(18,27)28/h3-4,7-9,12-13,19,23H,5-6H2,1-2H3,(H2-,18,25,26,27,28)/t8-,9+,12+,13+/m0/s1. The number of hydrogen-bond donors (Lipinski definition) is 3. The van der Waals surface area contributed by atoms with Gasteiger partial charge < -0.3 is 19.9 Å². The first-order chi connectivity index (χ1) is 14.0. The molecule has 0 radical (unpaired) electrons. The quantitative estimate of drug-likeness (QED) is 0.307. The van der Waals surface area contributed by atoms with E-state index in [1.807, 2.05) is 12.3 Å². The molecule has 4 atom stereocenters. The maximum atomic E-state index is 12.5. The van der Waals surface area contributed by atoms with Gasteiger partial charge in [0.25, 0.3) is 10.2 Å². The van der Waals surface area contributed by atoms with Crippen LogP contribution in [0.25, 0.3) is 4.83 Å². The summed E-state index contributed by atoms with van der Waals surface area (Å²) in [5.41, 5.74) is 0.905. The number of nitrogens with one attached hydrogen (secondary N) is 1. The number of nitrogens with two attached hydrogens (primary N) is 1. The Morgan fingerprint density at radius 3 is 2.80 bits per heavy atom. The van der Waals surface area contributed by atoms with Crippen molar-refractivity contribution in [2.45, 2.75) is 39.1 Å². The number of thiazole rings is 1. The van der Waals surface area contributed by atoms with Crippen LogP contribution in [0.5, 0.6) is 0 Å². The van der Waals surface area contributed by atoms with Crippen molar-refractivity contribution >= 4 is 38.3 Å². The van der Waals surface area contributed by atoms with Crippen LogP contribution in [0.2, 0.25) is 0 Å². The summed E-state index contributed by atoms with van der Waals surface area (Å²) in [6, 6.07) is -0.448. The number of carbonyl (C=O) groups excluding carboxylic acids is 2. The number of aliphatic hydroxyl groups is 1. The highest BCUT2D eigenvalue weighted by Gasteiger charge is 2.58. The highest BCUT2D eigenvalue weighted by atomic mass is 32.2. The molecule has 11 nitrogen and oxygen atoms in total. The molecular formula is C17H21N5O6S2. The first-order valence-corrected chi connectivity index (χ1v) is 11.6. The summed E-state index contributed by atoms with van der Waals surface area (Å²) in [4.78, 5) is 26.3. The average Bonchev–Trinajstić information content (AvgIpc) is 3.25. The number of aliphatic hydroxyl groups excluding tert-OH is 1. The van der Waals surface area contributed by atoms with Crippen molar-refractivity contribution in [3.8, 4) is 0 Å². The van der Waals surface area contributed by atoms with Gasteiger partial charge in [0.2, 0.25) is 17.1 Å². The minimum Gasteiger partial charge on any atom is -0.543 e. The Morgan fingerprint density at radius 1 is 1.50 bits per heavy atom. The summed E-state index contributed by atoms with van der Waals surface area (Å²) in [5.74, 6) is -2.88. The Bertz CT molecular complexity index is 1180. The largest absolute Gasteiger partial charge is 0.543 e. The molecule has 0 spiro atoms. The first kappa shape index (κ1) is 20.9. The van der Waals surface area contributed by atoms with Crippen LogP contribution in [-0.2, 0) is 32.9 Å². The second-order valence-electron chi connectivity index (χ2n) is 7.59. The predicted octanol–water partition coefficient (Wildman–Crippen LogP) is -2.56. The van der Waals surface area contributed by atoms with Gasteiger partial charge in [-0.15, -0.1) is 0 Å². The van der Waals surface area contributed by atoms with Gasteiger partial charge >= 0.3 is 0 Å². The van der Waals surface area contributed by atoms with Crippen molar-refractivity contribution in [3.05, 3.63) is 34.9 Å². The van der Waals surface area contributed by atoms with Gasteiger partial charge in [-0.25, -0.2) is 9.71 Å². The molecule has 0 aliphatic carbocycles. The molecule has 0 aromatic carbocycles. The molecule has 2 aliphatic rings. The molecule has 4 rings (SSSR count). The van der Waals surface area contributed by atoms with Gasteiger partial charge in [0.1, 0.15) is 12.7 Å². The van der Waals surface area contributed by atoms with Gasteiger partial charge in [-0.05, 0) is 6.92 Å². The van der Waals surface area contributed by atoms with Gasteiger partial charge in [-0.3, -0.25) is 4.79 Å². The number of carbonyl (C=O) groups is 2. The monoisotopic (exact) mass is 455 g/mol. The Balaban J connectivity index is 1.73. The SMILES string of the molecule is C[C@@H](O)[C@H]1C(=O)N2C(C(=O)[O-])=C(Cn3c[n+]4ccsc4c3CNS(N)(=O)=O)[C@H](C)[C@H]12. The fraction of sp³-hybridized carbons (Fsp3) is 0.471. The van der Waals surface area contributed by atoms with E-state index in [1.165, 1.54) is 23.2 Å². The lowest BCUT2D eigenvalue weighted by atomic mass is 9.78. The predicted molar refractivity (Wildman–Crippen MR) is 102 cm³/mol. The van der Waals surface area contributed by atoms with Crippen LogP contribution in [0.15, 0.2) is 29.2 Å². The maximum Gasteiger partial charge on any atom is 0.274 e. The van der Waals surface area contributed by atoms with E-state index in [4.69, 9.17) is 5.14 Å². The Kier molecular flexibility index (Phi) is 4.97. The molecule has 0 saturated carbocycles. The van der Waals surface area contributed by atoms with Crippen LogP contribution >= 0.6 is 11.3 Å². The number of amides is 1. The highest BCUT2D eigenvalue weighted by molar-refractivity contribution is 7.87. The van der Waals surface area contributed by atoms with E-state index in [2.05, 4.69) is 4.72 Å². The van der Waals surface area contributed by atoms with E-state index >= 15 is 0 Å². The zero-order valence-corrected chi connectivity index (χ0v) is 17.8. The molecule has 30 heavy (non-hydrogen) atoms. The molecule has 4 N–H and O–H groups in total. The molecular weight excluding hydrogens is 434 g/mol. The lowest BCUT2D eigenvalue weighted by molar-refractivity contribution is -0.508. The summed E-state index contributed by atoms with van der Waals surface area (Å²) in [6.07, 6.45) is 2.62. The molecule has 2 aromatic heterocycles. The average molecular weight is 456 g/mol. The molecule has 2 aromatic rings. The number of carboxylic acid groups (broad SMARTS) is 1. The van der Waals surface area contributed by atoms with E-state index in [-0.39, 0.29) is 24.7 Å². The number of fused-ring (bicyclic) bond motifs is 2. The molecule has 162 valence electrons. The van der Waals surface area contributed by atoms with Crippen LogP contribution in [0.1, 0.15) is 19.5 Å². The van der Waals surface area contributed by atoms with Gasteiger partial charge in [0.05, 0.1) is 36.3 Å². The fourth-order valence-corrected chi connectivity index (χ4v) is 5.66. The van der Waals surface area contributed by atoms with Crippen molar-refractivity contribution in [3.63, 3.8) is 0 Å². The number of rotatable bonds is 7. The van der Waals surface area contributed by atoms with Crippen molar-refractivity contribution in [1.29, 1.82) is 0 Å². The molecule has 1 amide bonds. The fourth-order valence-electron chi connectivity index (χ4n) is 4.45. The van der Waals surface area contributed by atoms with Crippen molar-refractivity contribution < 1.29 is 32.6 Å². The van der Waals surface area contributed by atoms with Gasteiger partial charge in [0, 0.05) is 16.9 Å². The molecule has 1 saturated heterocycles. The number of aliphatic carboxylic acids is 1. The summed E-state index contributed by atoms with van der Waals surface area (Å²) >= 11 is 1.39. The summed E-state index contributed by atoms with van der Waals surface area (Å²) in [6.45, 7) is 3.36. The van der Waals surface area contributed by atoms with Gasteiger partial charge in [0.15, 0.2) is 5.69 Å². The number of β-lactam (4-membered cyclic amide) rings is 1. The lowest BCUT2D eigenvalue weighted by Gasteiger charge is -2.47. The number of imidazole rings is 1. The minimum absolute atomic E-state index is 0.0828. The molecule has 1 fully saturated rings. The zero-order valence-electron chi connectivity index (χ0n) is 16.2. The highest BCUT2D eigenvalue weighted by Crippen LogP contribution is 2.47. The van der Waals surface area contributed by atoms with Crippen molar-refractivity contribution in [1.82, 2.24) is 14.2 Å². The second-order valence-corrected chi connectivity index (χ2v) is 9.86. The van der Waals surface area contributed by atoms with Crippen LogP contribution in [0.3, 0.4) is 0 Å². The second kappa shape index (κ2) is 7.13. The molecule has 13 heteroatoms. The number of nitrogens with zero attached hydrogens (tertiary/aromatic N) is 3. The Labute approximate surface area is 176 Å².